The van der Waals surface area contributed by atoms with Gasteiger partial charge < -0.3 is 15.4 Å². The first-order valence-corrected chi connectivity index (χ1v) is 9.16. The normalized spacial score (nSPS) is 11.0. The SMILES string of the molecule is CCCc1ccc(OCNC(=O)Nc2cccc(S(=O)(=O)O)c2)cc1. The van der Waals surface area contributed by atoms with Crippen LogP contribution in [0.3, 0.4) is 0 Å². The molecule has 0 spiro atoms. The summed E-state index contributed by atoms with van der Waals surface area (Å²) in [4.78, 5) is 11.5. The monoisotopic (exact) mass is 364 g/mol. The Morgan fingerprint density at radius 2 is 1.88 bits per heavy atom. The van der Waals surface area contributed by atoms with E-state index in [1.807, 2.05) is 24.3 Å². The second kappa shape index (κ2) is 8.50. The molecule has 0 saturated carbocycles. The van der Waals surface area contributed by atoms with Gasteiger partial charge in [-0.25, -0.2) is 4.79 Å². The van der Waals surface area contributed by atoms with Gasteiger partial charge in [-0.05, 0) is 42.3 Å². The van der Waals surface area contributed by atoms with E-state index in [4.69, 9.17) is 9.29 Å². The molecule has 0 radical (unpaired) electrons. The largest absolute Gasteiger partial charge is 0.473 e. The van der Waals surface area contributed by atoms with Crippen LogP contribution >= 0.6 is 0 Å². The fraction of sp³-hybridized carbons (Fsp3) is 0.235. The summed E-state index contributed by atoms with van der Waals surface area (Å²) in [5.41, 5.74) is 1.45. The zero-order valence-electron chi connectivity index (χ0n) is 13.7. The van der Waals surface area contributed by atoms with Gasteiger partial charge in [-0.15, -0.1) is 0 Å². The molecule has 0 unspecified atom stereocenters. The Labute approximate surface area is 146 Å². The number of benzene rings is 2. The highest BCUT2D eigenvalue weighted by molar-refractivity contribution is 7.85. The molecule has 0 aromatic heterocycles. The molecule has 2 aromatic rings. The lowest BCUT2D eigenvalue weighted by Crippen LogP contribution is -2.32. The van der Waals surface area contributed by atoms with Crippen LogP contribution in [0.25, 0.3) is 0 Å². The predicted molar refractivity (Wildman–Crippen MR) is 94.3 cm³/mol. The third-order valence-electron chi connectivity index (χ3n) is 3.32. The number of urea groups is 1. The number of carbonyl (C=O) groups excluding carboxylic acids is 1. The number of carbonyl (C=O) groups is 1. The average molecular weight is 364 g/mol. The number of amides is 2. The maximum Gasteiger partial charge on any atom is 0.321 e. The number of ether oxygens (including phenoxy) is 1. The van der Waals surface area contributed by atoms with Crippen molar-refractivity contribution in [1.29, 1.82) is 0 Å². The van der Waals surface area contributed by atoms with Crippen molar-refractivity contribution >= 4 is 21.8 Å². The van der Waals surface area contributed by atoms with Crippen molar-refractivity contribution in [3.8, 4) is 5.75 Å². The summed E-state index contributed by atoms with van der Waals surface area (Å²) in [6, 6.07) is 12.3. The number of nitrogens with one attached hydrogen (secondary N) is 2. The van der Waals surface area contributed by atoms with Gasteiger partial charge in [-0.3, -0.25) is 4.55 Å². The van der Waals surface area contributed by atoms with Crippen LogP contribution in [0.4, 0.5) is 10.5 Å². The second-order valence-electron chi connectivity index (χ2n) is 5.32. The van der Waals surface area contributed by atoms with Crippen LogP contribution in [0.1, 0.15) is 18.9 Å². The van der Waals surface area contributed by atoms with E-state index in [0.717, 1.165) is 18.9 Å². The van der Waals surface area contributed by atoms with E-state index in [-0.39, 0.29) is 17.3 Å². The first-order chi connectivity index (χ1) is 11.9. The van der Waals surface area contributed by atoms with Gasteiger partial charge in [0.1, 0.15) is 5.75 Å². The van der Waals surface area contributed by atoms with Crippen LogP contribution in [0.15, 0.2) is 53.4 Å². The lowest BCUT2D eigenvalue weighted by atomic mass is 10.1. The third-order valence-corrected chi connectivity index (χ3v) is 4.17. The molecule has 7 nitrogen and oxygen atoms in total. The van der Waals surface area contributed by atoms with Gasteiger partial charge in [-0.2, -0.15) is 8.42 Å². The fourth-order valence-corrected chi connectivity index (χ4v) is 2.66. The molecule has 0 aliphatic rings. The van der Waals surface area contributed by atoms with Crippen LogP contribution in [0.2, 0.25) is 0 Å². The molecule has 25 heavy (non-hydrogen) atoms. The summed E-state index contributed by atoms with van der Waals surface area (Å²) in [6.07, 6.45) is 2.07. The molecule has 3 N–H and O–H groups in total. The maximum atomic E-state index is 11.8. The molecule has 0 heterocycles. The smallest absolute Gasteiger partial charge is 0.321 e. The molecule has 0 saturated heterocycles. The lowest BCUT2D eigenvalue weighted by molar-refractivity contribution is 0.234. The second-order valence-corrected chi connectivity index (χ2v) is 6.74. The standard InChI is InChI=1S/C17H20N2O5S/c1-2-4-13-7-9-15(10-8-13)24-12-18-17(20)19-14-5-3-6-16(11-14)25(21,22)23/h3,5-11H,2,4,12H2,1H3,(H2,18,19,20)(H,21,22,23). The highest BCUT2D eigenvalue weighted by Crippen LogP contribution is 2.15. The van der Waals surface area contributed by atoms with Gasteiger partial charge in [0.2, 0.25) is 0 Å². The van der Waals surface area contributed by atoms with Gasteiger partial charge in [0, 0.05) is 5.69 Å². The Morgan fingerprint density at radius 1 is 1.16 bits per heavy atom. The van der Waals surface area contributed by atoms with Crippen molar-refractivity contribution in [2.75, 3.05) is 12.0 Å². The zero-order valence-corrected chi connectivity index (χ0v) is 14.5. The Morgan fingerprint density at radius 3 is 2.52 bits per heavy atom. The van der Waals surface area contributed by atoms with Crippen LogP contribution in [-0.4, -0.2) is 25.7 Å². The minimum atomic E-state index is -4.32. The van der Waals surface area contributed by atoms with Crippen molar-refractivity contribution < 1.29 is 22.5 Å². The number of hydrogen-bond donors (Lipinski definition) is 3. The highest BCUT2D eigenvalue weighted by atomic mass is 32.2. The summed E-state index contributed by atoms with van der Waals surface area (Å²) >= 11 is 0. The molecule has 2 amide bonds. The van der Waals surface area contributed by atoms with Gasteiger partial charge in [0.15, 0.2) is 6.73 Å². The molecule has 2 rings (SSSR count). The van der Waals surface area contributed by atoms with Crippen LogP contribution in [0.5, 0.6) is 5.75 Å². The molecule has 0 bridgehead atoms. The van der Waals surface area contributed by atoms with Crippen molar-refractivity contribution in [2.45, 2.75) is 24.7 Å². The van der Waals surface area contributed by atoms with E-state index in [2.05, 4.69) is 17.6 Å². The van der Waals surface area contributed by atoms with Gasteiger partial charge in [0.05, 0.1) is 4.90 Å². The van der Waals surface area contributed by atoms with Crippen molar-refractivity contribution in [1.82, 2.24) is 5.32 Å². The van der Waals surface area contributed by atoms with E-state index in [1.54, 1.807) is 0 Å². The number of anilines is 1. The van der Waals surface area contributed by atoms with E-state index < -0.39 is 16.1 Å². The minimum absolute atomic E-state index is 0.0447. The van der Waals surface area contributed by atoms with Gasteiger partial charge in [0.25, 0.3) is 10.1 Å². The van der Waals surface area contributed by atoms with Gasteiger partial charge in [-0.1, -0.05) is 31.5 Å². The Bertz CT molecular complexity index is 819. The maximum absolute atomic E-state index is 11.8. The summed E-state index contributed by atoms with van der Waals surface area (Å²) in [5, 5.41) is 4.95. The Balaban J connectivity index is 1.83. The van der Waals surface area contributed by atoms with Crippen molar-refractivity contribution in [3.63, 3.8) is 0 Å². The molecule has 2 aromatic carbocycles. The molecule has 0 aliphatic heterocycles. The lowest BCUT2D eigenvalue weighted by Gasteiger charge is -2.10. The number of rotatable bonds is 7. The molecule has 0 aliphatic carbocycles. The topological polar surface area (TPSA) is 105 Å². The molecular weight excluding hydrogens is 344 g/mol. The van der Waals surface area contributed by atoms with Crippen LogP contribution in [-0.2, 0) is 16.5 Å². The summed E-state index contributed by atoms with van der Waals surface area (Å²) in [6.45, 7) is 2.07. The van der Waals surface area contributed by atoms with E-state index in [9.17, 15) is 13.2 Å². The van der Waals surface area contributed by atoms with Crippen LogP contribution < -0.4 is 15.4 Å². The average Bonchev–Trinajstić information content (AvgIpc) is 2.56. The number of hydrogen-bond acceptors (Lipinski definition) is 4. The Kier molecular flexibility index (Phi) is 6.37. The summed E-state index contributed by atoms with van der Waals surface area (Å²) in [5.74, 6) is 0.633. The first kappa shape index (κ1) is 18.8. The first-order valence-electron chi connectivity index (χ1n) is 7.72. The molecule has 134 valence electrons. The van der Waals surface area contributed by atoms with E-state index in [0.29, 0.717) is 5.75 Å². The minimum Gasteiger partial charge on any atom is -0.473 e. The van der Waals surface area contributed by atoms with Crippen molar-refractivity contribution in [3.05, 3.63) is 54.1 Å². The Hall–Kier alpha value is -2.58. The summed E-state index contributed by atoms with van der Waals surface area (Å²) in [7, 11) is -4.32. The van der Waals surface area contributed by atoms with Crippen LogP contribution in [0, 0.1) is 0 Å². The molecule has 8 heteroatoms. The molecule has 0 fully saturated rings. The molecule has 0 atom stereocenters. The zero-order chi connectivity index (χ0) is 18.3. The number of aryl methyl sites for hydroxylation is 1. The van der Waals surface area contributed by atoms with Crippen molar-refractivity contribution in [2.24, 2.45) is 0 Å². The third kappa shape index (κ3) is 6.09. The van der Waals surface area contributed by atoms with E-state index in [1.165, 1.54) is 23.8 Å². The highest BCUT2D eigenvalue weighted by Gasteiger charge is 2.10. The summed E-state index contributed by atoms with van der Waals surface area (Å²) < 4.78 is 36.6. The van der Waals surface area contributed by atoms with E-state index >= 15 is 0 Å². The quantitative estimate of drug-likeness (QED) is 0.517. The van der Waals surface area contributed by atoms with Gasteiger partial charge >= 0.3 is 6.03 Å². The fourth-order valence-electron chi connectivity index (χ4n) is 2.14. The molecular formula is C17H20N2O5S. The predicted octanol–water partition coefficient (Wildman–Crippen LogP) is 3.04.